The van der Waals surface area contributed by atoms with E-state index in [0.29, 0.717) is 13.0 Å². The van der Waals surface area contributed by atoms with Crippen molar-refractivity contribution in [2.24, 2.45) is 0 Å². The van der Waals surface area contributed by atoms with Gasteiger partial charge < -0.3 is 15.4 Å². The molecule has 3 N–H and O–H groups in total. The van der Waals surface area contributed by atoms with Crippen molar-refractivity contribution < 1.29 is 5.11 Å². The fraction of sp³-hybridized carbons (Fsp3) is 0.500. The summed E-state index contributed by atoms with van der Waals surface area (Å²) in [6, 6.07) is 5.83. The summed E-state index contributed by atoms with van der Waals surface area (Å²) >= 11 is 1.45. The number of hydrogen-bond donors (Lipinski definition) is 3. The zero-order valence-electron chi connectivity index (χ0n) is 14.9. The number of H-pyrrole nitrogens is 1. The van der Waals surface area contributed by atoms with Crippen LogP contribution in [0.25, 0.3) is 11.0 Å². The third-order valence-corrected chi connectivity index (χ3v) is 6.12. The molecule has 4 rings (SSSR count). The van der Waals surface area contributed by atoms with Crippen LogP contribution < -0.4 is 11.0 Å². The second-order valence-corrected chi connectivity index (χ2v) is 7.89. The van der Waals surface area contributed by atoms with E-state index in [0.717, 1.165) is 35.1 Å². The molecule has 138 valence electrons. The van der Waals surface area contributed by atoms with Crippen LogP contribution in [0.5, 0.6) is 0 Å². The van der Waals surface area contributed by atoms with Crippen LogP contribution >= 0.6 is 11.5 Å². The molecule has 0 saturated carbocycles. The summed E-state index contributed by atoms with van der Waals surface area (Å²) in [5, 5.41) is 18.6. The number of aromatic amines is 1. The molecule has 1 aliphatic heterocycles. The summed E-state index contributed by atoms with van der Waals surface area (Å²) in [6.45, 7) is 4.71. The van der Waals surface area contributed by atoms with Gasteiger partial charge in [0.2, 0.25) is 0 Å². The Balaban J connectivity index is 1.50. The maximum absolute atomic E-state index is 12.2. The zero-order chi connectivity index (χ0) is 18.3. The van der Waals surface area contributed by atoms with Crippen molar-refractivity contribution in [3.8, 4) is 0 Å². The molecular weight excluding hydrogens is 350 g/mol. The quantitative estimate of drug-likeness (QED) is 0.635. The highest BCUT2D eigenvalue weighted by molar-refractivity contribution is 7.05. The van der Waals surface area contributed by atoms with Gasteiger partial charge in [0.25, 0.3) is 0 Å². The van der Waals surface area contributed by atoms with E-state index in [2.05, 4.69) is 26.8 Å². The number of rotatable bonds is 5. The van der Waals surface area contributed by atoms with Crippen molar-refractivity contribution in [3.63, 3.8) is 0 Å². The molecule has 0 saturated heterocycles. The first-order valence-corrected chi connectivity index (χ1v) is 9.75. The first-order chi connectivity index (χ1) is 12.5. The average Bonchev–Trinajstić information content (AvgIpc) is 3.13. The van der Waals surface area contributed by atoms with Gasteiger partial charge in [0.1, 0.15) is 0 Å². The Labute approximate surface area is 155 Å². The Kier molecular flexibility index (Phi) is 4.64. The van der Waals surface area contributed by atoms with E-state index in [9.17, 15) is 9.90 Å². The van der Waals surface area contributed by atoms with Crippen molar-refractivity contribution >= 4 is 22.6 Å². The standard InChI is InChI=1S/C18H23N5O2S/c1-10(6-7-15-11(2)21-22-26-15)19-14-8-9-23-16-12(17(14)24)4-3-5-13(16)20-18(23)25/h3-5,10,14,17,19,24H,6-9H2,1-2H3,(H,20,25)/t10-,14-,17-/m1/s1. The minimum Gasteiger partial charge on any atom is -0.387 e. The van der Waals surface area contributed by atoms with Gasteiger partial charge in [-0.15, -0.1) is 5.10 Å². The molecule has 2 aromatic heterocycles. The predicted octanol–water partition coefficient (Wildman–Crippen LogP) is 1.91. The van der Waals surface area contributed by atoms with Crippen molar-refractivity contribution in [3.05, 3.63) is 44.8 Å². The van der Waals surface area contributed by atoms with Crippen molar-refractivity contribution in [2.45, 2.75) is 57.8 Å². The second-order valence-electron chi connectivity index (χ2n) is 7.05. The molecule has 1 aromatic carbocycles. The van der Waals surface area contributed by atoms with Gasteiger partial charge in [0.15, 0.2) is 0 Å². The number of aliphatic hydroxyl groups is 1. The first-order valence-electron chi connectivity index (χ1n) is 8.98. The molecule has 26 heavy (non-hydrogen) atoms. The third kappa shape index (κ3) is 3.08. The molecule has 7 nitrogen and oxygen atoms in total. The molecule has 8 heteroatoms. The van der Waals surface area contributed by atoms with Gasteiger partial charge in [-0.3, -0.25) is 4.57 Å². The molecule has 3 atom stereocenters. The normalized spacial score (nSPS) is 21.0. The number of benzene rings is 1. The Morgan fingerprint density at radius 2 is 2.35 bits per heavy atom. The summed E-state index contributed by atoms with van der Waals surface area (Å²) in [6.07, 6.45) is 1.94. The molecule has 0 unspecified atom stereocenters. The molecule has 0 spiro atoms. The monoisotopic (exact) mass is 373 g/mol. The number of aromatic nitrogens is 4. The number of nitrogens with one attached hydrogen (secondary N) is 2. The van der Waals surface area contributed by atoms with E-state index < -0.39 is 6.10 Å². The van der Waals surface area contributed by atoms with Gasteiger partial charge in [0, 0.05) is 29.1 Å². The topological polar surface area (TPSA) is 95.8 Å². The Hall–Kier alpha value is -2.03. The lowest BCUT2D eigenvalue weighted by Crippen LogP contribution is -2.41. The number of para-hydroxylation sites is 1. The fourth-order valence-electron chi connectivity index (χ4n) is 3.79. The maximum atomic E-state index is 12.2. The van der Waals surface area contributed by atoms with Crippen LogP contribution in [0.2, 0.25) is 0 Å². The smallest absolute Gasteiger partial charge is 0.326 e. The van der Waals surface area contributed by atoms with Crippen LogP contribution in [0.4, 0.5) is 0 Å². The van der Waals surface area contributed by atoms with E-state index in [1.165, 1.54) is 16.4 Å². The van der Waals surface area contributed by atoms with Crippen molar-refractivity contribution in [1.82, 2.24) is 24.5 Å². The molecule has 0 amide bonds. The van der Waals surface area contributed by atoms with Crippen LogP contribution in [-0.4, -0.2) is 36.3 Å². The van der Waals surface area contributed by atoms with Gasteiger partial charge in [0.05, 0.1) is 22.8 Å². The molecule has 3 heterocycles. The Morgan fingerprint density at radius 1 is 1.50 bits per heavy atom. The second kappa shape index (κ2) is 6.94. The lowest BCUT2D eigenvalue weighted by molar-refractivity contribution is 0.119. The van der Waals surface area contributed by atoms with E-state index in [1.807, 2.05) is 25.1 Å². The van der Waals surface area contributed by atoms with Crippen LogP contribution in [0.1, 0.15) is 42.0 Å². The number of nitrogens with zero attached hydrogens (tertiary/aromatic N) is 3. The first kappa shape index (κ1) is 17.4. The highest BCUT2D eigenvalue weighted by Crippen LogP contribution is 2.30. The van der Waals surface area contributed by atoms with E-state index in [-0.39, 0.29) is 17.8 Å². The minimum atomic E-state index is -0.642. The summed E-state index contributed by atoms with van der Waals surface area (Å²) in [5.74, 6) is 0. The van der Waals surface area contributed by atoms with Crippen LogP contribution in [0.3, 0.4) is 0 Å². The number of imidazole rings is 1. The van der Waals surface area contributed by atoms with Crippen LogP contribution in [0.15, 0.2) is 23.0 Å². The van der Waals surface area contributed by atoms with Crippen LogP contribution in [0, 0.1) is 6.92 Å². The van der Waals surface area contributed by atoms with Gasteiger partial charge >= 0.3 is 5.69 Å². The molecule has 0 aliphatic carbocycles. The molecule has 0 bridgehead atoms. The molecule has 1 aliphatic rings. The zero-order valence-corrected chi connectivity index (χ0v) is 15.7. The molecule has 0 fully saturated rings. The minimum absolute atomic E-state index is 0.0874. The summed E-state index contributed by atoms with van der Waals surface area (Å²) in [4.78, 5) is 16.3. The van der Waals surface area contributed by atoms with E-state index >= 15 is 0 Å². The summed E-state index contributed by atoms with van der Waals surface area (Å²) < 4.78 is 5.73. The Morgan fingerprint density at radius 3 is 3.12 bits per heavy atom. The van der Waals surface area contributed by atoms with Crippen LogP contribution in [-0.2, 0) is 13.0 Å². The van der Waals surface area contributed by atoms with E-state index in [1.54, 1.807) is 4.57 Å². The number of aliphatic hydroxyl groups excluding tert-OH is 1. The molecule has 0 radical (unpaired) electrons. The van der Waals surface area contributed by atoms with Gasteiger partial charge in [-0.05, 0) is 50.7 Å². The maximum Gasteiger partial charge on any atom is 0.326 e. The lowest BCUT2D eigenvalue weighted by Gasteiger charge is -2.26. The largest absolute Gasteiger partial charge is 0.387 e. The SMILES string of the molecule is Cc1nnsc1CC[C@@H](C)N[C@@H]1CCn2c(=O)[nH]c3cccc(c32)[C@H]1O. The highest BCUT2D eigenvalue weighted by atomic mass is 32.1. The predicted molar refractivity (Wildman–Crippen MR) is 101 cm³/mol. The van der Waals surface area contributed by atoms with E-state index in [4.69, 9.17) is 0 Å². The number of hydrogen-bond acceptors (Lipinski definition) is 6. The lowest BCUT2D eigenvalue weighted by atomic mass is 9.98. The van der Waals surface area contributed by atoms with Gasteiger partial charge in [-0.25, -0.2) is 4.79 Å². The Bertz CT molecular complexity index is 976. The van der Waals surface area contributed by atoms with Gasteiger partial charge in [-0.1, -0.05) is 16.6 Å². The highest BCUT2D eigenvalue weighted by Gasteiger charge is 2.29. The van der Waals surface area contributed by atoms with Crippen molar-refractivity contribution in [1.29, 1.82) is 0 Å². The average molecular weight is 373 g/mol. The number of aryl methyl sites for hydroxylation is 3. The molecular formula is C18H23N5O2S. The fourth-order valence-corrected chi connectivity index (χ4v) is 4.44. The summed E-state index contributed by atoms with van der Waals surface area (Å²) in [7, 11) is 0. The van der Waals surface area contributed by atoms with Crippen molar-refractivity contribution in [2.75, 3.05) is 0 Å². The third-order valence-electron chi connectivity index (χ3n) is 5.24. The molecule has 3 aromatic rings. The van der Waals surface area contributed by atoms with Gasteiger partial charge in [-0.2, -0.15) is 0 Å². The summed E-state index contributed by atoms with van der Waals surface area (Å²) in [5.41, 5.74) is 3.32.